The summed E-state index contributed by atoms with van der Waals surface area (Å²) in [6.45, 7) is 2.13. The minimum Gasteiger partial charge on any atom is -0.482 e. The molecule has 0 N–H and O–H groups in total. The molecule has 2 atom stereocenters. The van der Waals surface area contributed by atoms with E-state index in [9.17, 15) is 18.9 Å². The van der Waals surface area contributed by atoms with Crippen LogP contribution in [0.4, 0.5) is 14.5 Å². The molecule has 0 aromatic heterocycles. The van der Waals surface area contributed by atoms with Crippen molar-refractivity contribution in [2.45, 2.75) is 38.6 Å². The van der Waals surface area contributed by atoms with E-state index in [4.69, 9.17) is 14.2 Å². The van der Waals surface area contributed by atoms with Crippen LogP contribution in [0.2, 0.25) is 0 Å². The van der Waals surface area contributed by atoms with Crippen LogP contribution in [0.1, 0.15) is 26.2 Å². The summed E-state index contributed by atoms with van der Waals surface area (Å²) >= 11 is 0. The second-order valence-electron chi connectivity index (χ2n) is 5.02. The van der Waals surface area contributed by atoms with E-state index in [1.54, 1.807) is 6.92 Å². The first-order valence-corrected chi connectivity index (χ1v) is 7.01. The first-order chi connectivity index (χ1) is 10.5. The maximum Gasteiger partial charge on any atom is 0.314 e. The topological polar surface area (TPSA) is 70.8 Å². The van der Waals surface area contributed by atoms with Crippen LogP contribution in [0, 0.1) is 21.7 Å². The Labute approximate surface area is 126 Å². The second kappa shape index (κ2) is 7.46. The fraction of sp³-hybridized carbons (Fsp3) is 0.571. The van der Waals surface area contributed by atoms with E-state index in [-0.39, 0.29) is 12.9 Å². The molecule has 0 spiro atoms. The average Bonchev–Trinajstić information content (AvgIpc) is 2.49. The summed E-state index contributed by atoms with van der Waals surface area (Å²) < 4.78 is 42.9. The molecule has 0 saturated carbocycles. The van der Waals surface area contributed by atoms with Gasteiger partial charge in [-0.15, -0.1) is 0 Å². The Bertz CT molecular complexity index is 534. The van der Waals surface area contributed by atoms with Crippen molar-refractivity contribution in [1.29, 1.82) is 0 Å². The molecule has 1 fully saturated rings. The van der Waals surface area contributed by atoms with Crippen LogP contribution in [0.15, 0.2) is 12.1 Å². The number of nitro benzene ring substituents is 1. The third-order valence-electron chi connectivity index (χ3n) is 3.21. The van der Waals surface area contributed by atoms with Crippen LogP contribution in [0.3, 0.4) is 0 Å². The van der Waals surface area contributed by atoms with Gasteiger partial charge in [0.2, 0.25) is 11.6 Å². The third-order valence-corrected chi connectivity index (χ3v) is 3.21. The molecule has 1 saturated heterocycles. The van der Waals surface area contributed by atoms with E-state index in [2.05, 4.69) is 0 Å². The van der Waals surface area contributed by atoms with Crippen molar-refractivity contribution in [2.75, 3.05) is 13.2 Å². The molecule has 1 aromatic rings. The van der Waals surface area contributed by atoms with Crippen molar-refractivity contribution in [2.24, 2.45) is 0 Å². The number of hydrogen-bond donors (Lipinski definition) is 0. The summed E-state index contributed by atoms with van der Waals surface area (Å²) in [5.41, 5.74) is -0.625. The van der Waals surface area contributed by atoms with Gasteiger partial charge in [0.15, 0.2) is 12.1 Å². The molecule has 0 aliphatic carbocycles. The van der Waals surface area contributed by atoms with Gasteiger partial charge in [-0.3, -0.25) is 10.1 Å². The van der Waals surface area contributed by atoms with Crippen LogP contribution in [-0.2, 0) is 9.47 Å². The SMILES string of the molecule is C[C@@H](COc1c([N+](=O)[O-])ccc(F)c1F)OC1CCCCO1. The summed E-state index contributed by atoms with van der Waals surface area (Å²) in [5, 5.41) is 10.8. The van der Waals surface area contributed by atoms with Gasteiger partial charge in [0.05, 0.1) is 11.0 Å². The summed E-state index contributed by atoms with van der Waals surface area (Å²) in [7, 11) is 0. The Balaban J connectivity index is 1.98. The van der Waals surface area contributed by atoms with Gasteiger partial charge in [-0.2, -0.15) is 4.39 Å². The molecule has 1 aliphatic rings. The zero-order chi connectivity index (χ0) is 16.1. The Morgan fingerprint density at radius 1 is 1.45 bits per heavy atom. The molecule has 122 valence electrons. The molecule has 22 heavy (non-hydrogen) atoms. The third kappa shape index (κ3) is 4.11. The van der Waals surface area contributed by atoms with Gasteiger partial charge in [-0.05, 0) is 32.3 Å². The van der Waals surface area contributed by atoms with E-state index in [1.807, 2.05) is 0 Å². The predicted molar refractivity (Wildman–Crippen MR) is 72.6 cm³/mol. The number of benzene rings is 1. The molecule has 2 rings (SSSR count). The lowest BCUT2D eigenvalue weighted by molar-refractivity contribution is -0.386. The lowest BCUT2D eigenvalue weighted by Crippen LogP contribution is -2.29. The minimum absolute atomic E-state index is 0.152. The zero-order valence-electron chi connectivity index (χ0n) is 12.1. The summed E-state index contributed by atoms with van der Waals surface area (Å²) in [4.78, 5) is 10.0. The molecular weight excluding hydrogens is 300 g/mol. The van der Waals surface area contributed by atoms with E-state index in [1.165, 1.54) is 0 Å². The van der Waals surface area contributed by atoms with Crippen molar-refractivity contribution in [3.63, 3.8) is 0 Å². The second-order valence-corrected chi connectivity index (χ2v) is 5.02. The largest absolute Gasteiger partial charge is 0.482 e. The molecular formula is C14H17F2NO5. The average molecular weight is 317 g/mol. The minimum atomic E-state index is -1.38. The Kier molecular flexibility index (Phi) is 5.62. The van der Waals surface area contributed by atoms with Crippen LogP contribution in [-0.4, -0.2) is 30.5 Å². The molecule has 1 aliphatic heterocycles. The van der Waals surface area contributed by atoms with Gasteiger partial charge in [-0.25, -0.2) is 4.39 Å². The van der Waals surface area contributed by atoms with E-state index >= 15 is 0 Å². The monoisotopic (exact) mass is 317 g/mol. The molecule has 8 heteroatoms. The number of rotatable bonds is 6. The summed E-state index contributed by atoms with van der Waals surface area (Å²) in [6, 6.07) is 1.56. The number of halogens is 2. The maximum absolute atomic E-state index is 13.7. The van der Waals surface area contributed by atoms with E-state index in [0.717, 1.165) is 25.3 Å². The highest BCUT2D eigenvalue weighted by Crippen LogP contribution is 2.31. The Hall–Kier alpha value is -1.80. The molecule has 0 amide bonds. The number of nitrogens with zero attached hydrogens (tertiary/aromatic N) is 1. The fourth-order valence-electron chi connectivity index (χ4n) is 2.12. The van der Waals surface area contributed by atoms with Gasteiger partial charge < -0.3 is 14.2 Å². The molecule has 1 aromatic carbocycles. The zero-order valence-corrected chi connectivity index (χ0v) is 12.1. The fourth-order valence-corrected chi connectivity index (χ4v) is 2.12. The molecule has 6 nitrogen and oxygen atoms in total. The van der Waals surface area contributed by atoms with Crippen molar-refractivity contribution in [3.05, 3.63) is 33.9 Å². The van der Waals surface area contributed by atoms with Crippen LogP contribution < -0.4 is 4.74 Å². The van der Waals surface area contributed by atoms with Gasteiger partial charge in [0.1, 0.15) is 6.61 Å². The standard InChI is InChI=1S/C14H17F2NO5/c1-9(22-12-4-2-3-7-20-12)8-21-14-11(17(18)19)6-5-10(15)13(14)16/h5-6,9,12H,2-4,7-8H2,1H3/t9-,12?/m0/s1. The highest BCUT2D eigenvalue weighted by molar-refractivity contribution is 5.47. The van der Waals surface area contributed by atoms with Crippen LogP contribution >= 0.6 is 0 Å². The van der Waals surface area contributed by atoms with Gasteiger partial charge in [-0.1, -0.05) is 0 Å². The van der Waals surface area contributed by atoms with Crippen molar-refractivity contribution >= 4 is 5.69 Å². The van der Waals surface area contributed by atoms with Gasteiger partial charge in [0.25, 0.3) is 0 Å². The Morgan fingerprint density at radius 2 is 2.23 bits per heavy atom. The first-order valence-electron chi connectivity index (χ1n) is 7.01. The quantitative estimate of drug-likeness (QED) is 0.595. The number of hydrogen-bond acceptors (Lipinski definition) is 5. The summed E-state index contributed by atoms with van der Waals surface area (Å²) in [6.07, 6.45) is 1.87. The lowest BCUT2D eigenvalue weighted by Gasteiger charge is -2.26. The van der Waals surface area contributed by atoms with Crippen LogP contribution in [0.5, 0.6) is 5.75 Å². The van der Waals surface area contributed by atoms with Crippen molar-refractivity contribution in [1.82, 2.24) is 0 Å². The molecule has 0 radical (unpaired) electrons. The normalized spacial score (nSPS) is 19.7. The predicted octanol–water partition coefficient (Wildman–Crippen LogP) is 3.18. The van der Waals surface area contributed by atoms with Gasteiger partial charge >= 0.3 is 5.69 Å². The van der Waals surface area contributed by atoms with Gasteiger partial charge in [0, 0.05) is 12.7 Å². The number of nitro groups is 1. The first kappa shape index (κ1) is 16.6. The smallest absolute Gasteiger partial charge is 0.314 e. The van der Waals surface area contributed by atoms with Crippen molar-refractivity contribution in [3.8, 4) is 5.75 Å². The highest BCUT2D eigenvalue weighted by Gasteiger charge is 2.24. The Morgan fingerprint density at radius 3 is 2.86 bits per heavy atom. The summed E-state index contributed by atoms with van der Waals surface area (Å²) in [5.74, 6) is -3.30. The number of ether oxygens (including phenoxy) is 3. The highest BCUT2D eigenvalue weighted by atomic mass is 19.2. The molecule has 1 heterocycles. The van der Waals surface area contributed by atoms with Crippen molar-refractivity contribution < 1.29 is 27.9 Å². The molecule has 0 bridgehead atoms. The van der Waals surface area contributed by atoms with Crippen LogP contribution in [0.25, 0.3) is 0 Å². The van der Waals surface area contributed by atoms with E-state index < -0.39 is 34.1 Å². The van der Waals surface area contributed by atoms with E-state index in [0.29, 0.717) is 12.7 Å². The maximum atomic E-state index is 13.7. The molecule has 1 unspecified atom stereocenters. The lowest BCUT2D eigenvalue weighted by atomic mass is 10.2.